The molecule has 0 aliphatic rings. The summed E-state index contributed by atoms with van der Waals surface area (Å²) in [6.07, 6.45) is -0.514. The number of halogens is 3. The fourth-order valence-electron chi connectivity index (χ4n) is 2.70. The van der Waals surface area contributed by atoms with Gasteiger partial charge in [-0.15, -0.1) is 0 Å². The summed E-state index contributed by atoms with van der Waals surface area (Å²) in [5, 5.41) is 5.06. The number of alkyl carbamates (subject to hydrolysis) is 1. The van der Waals surface area contributed by atoms with Gasteiger partial charge in [0.1, 0.15) is 23.3 Å². The molecule has 0 aromatic heterocycles. The SMILES string of the molecule is CC[C@H](NC(=O)OC(C)(C)C)C(=O)Nc1cccc(Cl)c1C(=O)NNc1cc(F)cc(F)c1. The Bertz CT molecular complexity index is 1020. The predicted octanol–water partition coefficient (Wildman–Crippen LogP) is 4.62. The van der Waals surface area contributed by atoms with Gasteiger partial charge >= 0.3 is 6.09 Å². The van der Waals surface area contributed by atoms with Gasteiger partial charge in [-0.25, -0.2) is 13.6 Å². The molecule has 3 amide bonds. The van der Waals surface area contributed by atoms with Crippen molar-refractivity contribution >= 4 is 40.9 Å². The second-order valence-electron chi connectivity index (χ2n) is 8.00. The molecule has 0 spiro atoms. The van der Waals surface area contributed by atoms with Crippen molar-refractivity contribution in [2.45, 2.75) is 45.8 Å². The molecule has 0 fully saturated rings. The average molecular weight is 483 g/mol. The van der Waals surface area contributed by atoms with Gasteiger partial charge in [0, 0.05) is 6.07 Å². The first-order chi connectivity index (χ1) is 15.4. The number of hydrazine groups is 1. The van der Waals surface area contributed by atoms with E-state index in [1.165, 1.54) is 18.2 Å². The standard InChI is InChI=1S/C22H25ClF2N4O4/c1-5-16(27-21(32)33-22(2,3)4)19(30)26-17-8-6-7-15(23)18(17)20(31)29-28-14-10-12(24)9-13(25)11-14/h6-11,16,28H,5H2,1-4H3,(H,26,30)(H,27,32)(H,29,31)/t16-/m0/s1. The third-order valence-corrected chi connectivity index (χ3v) is 4.41. The summed E-state index contributed by atoms with van der Waals surface area (Å²) in [4.78, 5) is 37.5. The molecule has 0 aliphatic carbocycles. The molecule has 0 unspecified atom stereocenters. The number of ether oxygens (including phenoxy) is 1. The van der Waals surface area contributed by atoms with Crippen molar-refractivity contribution in [1.29, 1.82) is 0 Å². The minimum atomic E-state index is -0.942. The summed E-state index contributed by atoms with van der Waals surface area (Å²) in [5.41, 5.74) is 3.87. The molecule has 0 aliphatic heterocycles. The van der Waals surface area contributed by atoms with Crippen molar-refractivity contribution in [2.75, 3.05) is 10.7 Å². The van der Waals surface area contributed by atoms with Crippen molar-refractivity contribution in [3.05, 3.63) is 58.6 Å². The van der Waals surface area contributed by atoms with Crippen LogP contribution in [0.15, 0.2) is 36.4 Å². The lowest BCUT2D eigenvalue weighted by Crippen LogP contribution is -2.45. The van der Waals surface area contributed by atoms with Gasteiger partial charge in [0.25, 0.3) is 5.91 Å². The molecule has 4 N–H and O–H groups in total. The van der Waals surface area contributed by atoms with E-state index in [4.69, 9.17) is 16.3 Å². The molecule has 11 heteroatoms. The number of anilines is 2. The van der Waals surface area contributed by atoms with E-state index < -0.39 is 41.2 Å². The molecule has 2 aromatic rings. The highest BCUT2D eigenvalue weighted by atomic mass is 35.5. The van der Waals surface area contributed by atoms with Gasteiger partial charge in [0.2, 0.25) is 5.91 Å². The maximum atomic E-state index is 13.3. The molecular formula is C22H25ClF2N4O4. The van der Waals surface area contributed by atoms with Crippen LogP contribution in [0.2, 0.25) is 5.02 Å². The molecule has 8 nitrogen and oxygen atoms in total. The van der Waals surface area contributed by atoms with Crippen LogP contribution in [0.3, 0.4) is 0 Å². The van der Waals surface area contributed by atoms with Gasteiger partial charge in [0.15, 0.2) is 0 Å². The minimum absolute atomic E-state index is 0.0191. The van der Waals surface area contributed by atoms with Gasteiger partial charge in [-0.1, -0.05) is 24.6 Å². The summed E-state index contributed by atoms with van der Waals surface area (Å²) in [7, 11) is 0. The van der Waals surface area contributed by atoms with E-state index in [1.54, 1.807) is 27.7 Å². The smallest absolute Gasteiger partial charge is 0.408 e. The van der Waals surface area contributed by atoms with Crippen molar-refractivity contribution in [2.24, 2.45) is 0 Å². The highest BCUT2D eigenvalue weighted by molar-refractivity contribution is 6.34. The van der Waals surface area contributed by atoms with Crippen LogP contribution in [0.25, 0.3) is 0 Å². The van der Waals surface area contributed by atoms with Gasteiger partial charge in [-0.05, 0) is 51.5 Å². The van der Waals surface area contributed by atoms with Crippen LogP contribution >= 0.6 is 11.6 Å². The molecule has 0 radical (unpaired) electrons. The number of benzene rings is 2. The van der Waals surface area contributed by atoms with Gasteiger partial charge in [-0.2, -0.15) is 0 Å². The van der Waals surface area contributed by atoms with E-state index in [9.17, 15) is 23.2 Å². The molecule has 1 atom stereocenters. The zero-order valence-electron chi connectivity index (χ0n) is 18.5. The fraction of sp³-hybridized carbons (Fsp3) is 0.318. The zero-order chi connectivity index (χ0) is 24.8. The Balaban J connectivity index is 2.14. The second-order valence-corrected chi connectivity index (χ2v) is 8.40. The van der Waals surface area contributed by atoms with E-state index in [1.807, 2.05) is 0 Å². The van der Waals surface area contributed by atoms with E-state index >= 15 is 0 Å². The van der Waals surface area contributed by atoms with Crippen molar-refractivity contribution < 1.29 is 27.9 Å². The van der Waals surface area contributed by atoms with Crippen molar-refractivity contribution in [1.82, 2.24) is 10.7 Å². The Labute approximate surface area is 195 Å². The highest BCUT2D eigenvalue weighted by Crippen LogP contribution is 2.25. The third kappa shape index (κ3) is 7.90. The first-order valence-corrected chi connectivity index (χ1v) is 10.4. The van der Waals surface area contributed by atoms with Crippen LogP contribution in [-0.4, -0.2) is 29.6 Å². The quantitative estimate of drug-likeness (QED) is 0.431. The number of carbonyl (C=O) groups excluding carboxylic acids is 3. The fourth-order valence-corrected chi connectivity index (χ4v) is 2.96. The Morgan fingerprint density at radius 2 is 1.73 bits per heavy atom. The molecule has 2 rings (SSSR count). The summed E-state index contributed by atoms with van der Waals surface area (Å²) < 4.78 is 31.8. The van der Waals surface area contributed by atoms with E-state index in [0.717, 1.165) is 12.1 Å². The van der Waals surface area contributed by atoms with E-state index in [2.05, 4.69) is 21.5 Å². The Morgan fingerprint density at radius 1 is 1.09 bits per heavy atom. The normalized spacial score (nSPS) is 11.8. The van der Waals surface area contributed by atoms with Gasteiger partial charge < -0.3 is 15.4 Å². The van der Waals surface area contributed by atoms with Crippen molar-refractivity contribution in [3.8, 4) is 0 Å². The highest BCUT2D eigenvalue weighted by Gasteiger charge is 2.25. The van der Waals surface area contributed by atoms with E-state index in [-0.39, 0.29) is 28.4 Å². The van der Waals surface area contributed by atoms with Gasteiger partial charge in [0.05, 0.1) is 22.0 Å². The Kier molecular flexibility index (Phi) is 8.58. The predicted molar refractivity (Wildman–Crippen MR) is 121 cm³/mol. The monoisotopic (exact) mass is 482 g/mol. The van der Waals surface area contributed by atoms with Crippen molar-refractivity contribution in [3.63, 3.8) is 0 Å². The lowest BCUT2D eigenvalue weighted by atomic mass is 10.1. The number of rotatable bonds is 7. The maximum absolute atomic E-state index is 13.3. The zero-order valence-corrected chi connectivity index (χ0v) is 19.3. The van der Waals surface area contributed by atoms with Gasteiger partial charge in [-0.3, -0.25) is 20.4 Å². The molecule has 0 bridgehead atoms. The Hall–Kier alpha value is -3.40. The van der Waals surface area contributed by atoms with Crippen LogP contribution in [0.1, 0.15) is 44.5 Å². The topological polar surface area (TPSA) is 109 Å². The molecule has 0 saturated heterocycles. The largest absolute Gasteiger partial charge is 0.444 e. The first-order valence-electron chi connectivity index (χ1n) is 10.0. The molecule has 178 valence electrons. The van der Waals surface area contributed by atoms with Crippen LogP contribution < -0.4 is 21.5 Å². The number of amides is 3. The Morgan fingerprint density at radius 3 is 2.30 bits per heavy atom. The second kappa shape index (κ2) is 11.0. The van der Waals surface area contributed by atoms with Crippen LogP contribution in [0.5, 0.6) is 0 Å². The number of nitrogens with one attached hydrogen (secondary N) is 4. The number of hydrogen-bond acceptors (Lipinski definition) is 5. The maximum Gasteiger partial charge on any atom is 0.408 e. The lowest BCUT2D eigenvalue weighted by Gasteiger charge is -2.23. The molecule has 2 aromatic carbocycles. The van der Waals surface area contributed by atoms with Crippen LogP contribution in [0.4, 0.5) is 25.0 Å². The first kappa shape index (κ1) is 25.9. The third-order valence-electron chi connectivity index (χ3n) is 4.10. The van der Waals surface area contributed by atoms with Crippen LogP contribution in [-0.2, 0) is 9.53 Å². The number of hydrogen-bond donors (Lipinski definition) is 4. The minimum Gasteiger partial charge on any atom is -0.444 e. The average Bonchev–Trinajstić information content (AvgIpc) is 2.68. The molecule has 0 heterocycles. The summed E-state index contributed by atoms with van der Waals surface area (Å²) in [5.74, 6) is -3.03. The molecule has 0 saturated carbocycles. The molecular weight excluding hydrogens is 458 g/mol. The summed E-state index contributed by atoms with van der Waals surface area (Å²) in [6.45, 7) is 6.76. The molecule has 33 heavy (non-hydrogen) atoms. The number of carbonyl (C=O) groups is 3. The van der Waals surface area contributed by atoms with Crippen LogP contribution in [0, 0.1) is 11.6 Å². The van der Waals surface area contributed by atoms with E-state index in [0.29, 0.717) is 6.07 Å². The summed E-state index contributed by atoms with van der Waals surface area (Å²) in [6, 6.07) is 6.10. The summed E-state index contributed by atoms with van der Waals surface area (Å²) >= 11 is 6.16. The lowest BCUT2D eigenvalue weighted by molar-refractivity contribution is -0.118.